The molecule has 1 aliphatic heterocycles. The molecule has 3 aromatic rings. The Morgan fingerprint density at radius 1 is 1.06 bits per heavy atom. The minimum absolute atomic E-state index is 0.103. The molecular weight excluding hydrogens is 476 g/mol. The van der Waals surface area contributed by atoms with E-state index in [1.165, 1.54) is 16.8 Å². The fourth-order valence-corrected chi connectivity index (χ4v) is 4.88. The second-order valence-corrected chi connectivity index (χ2v) is 9.24. The Hall–Kier alpha value is -3.85. The van der Waals surface area contributed by atoms with Gasteiger partial charge in [0.05, 0.1) is 37.8 Å². The van der Waals surface area contributed by atoms with Crippen molar-refractivity contribution in [2.75, 3.05) is 20.8 Å². The predicted octanol–water partition coefficient (Wildman–Crippen LogP) is 4.92. The van der Waals surface area contributed by atoms with Gasteiger partial charge in [0.25, 0.3) is 5.91 Å². The molecule has 0 saturated carbocycles. The molecule has 2 heterocycles. The van der Waals surface area contributed by atoms with Crippen LogP contribution in [0, 0.1) is 0 Å². The van der Waals surface area contributed by atoms with Crippen LogP contribution in [-0.4, -0.2) is 52.9 Å². The maximum atomic E-state index is 13.1. The van der Waals surface area contributed by atoms with Crippen molar-refractivity contribution < 1.29 is 19.1 Å². The maximum Gasteiger partial charge on any atom is 0.302 e. The summed E-state index contributed by atoms with van der Waals surface area (Å²) in [7, 11) is 3.17. The second-order valence-electron chi connectivity index (χ2n) is 8.09. The molecule has 1 N–H and O–H groups in total. The molecule has 4 rings (SSSR count). The minimum Gasteiger partial charge on any atom is -0.493 e. The van der Waals surface area contributed by atoms with Gasteiger partial charge in [-0.15, -0.1) is 0 Å². The van der Waals surface area contributed by atoms with Crippen LogP contribution in [-0.2, 0) is 0 Å². The van der Waals surface area contributed by atoms with E-state index in [1.807, 2.05) is 55.5 Å². The van der Waals surface area contributed by atoms with E-state index in [4.69, 9.17) is 14.6 Å². The lowest BCUT2D eigenvalue weighted by molar-refractivity contribution is 0.0928. The molecule has 0 saturated heterocycles. The number of amides is 2. The highest BCUT2D eigenvalue weighted by atomic mass is 32.2. The van der Waals surface area contributed by atoms with Crippen molar-refractivity contribution in [2.24, 2.45) is 5.10 Å². The van der Waals surface area contributed by atoms with E-state index in [2.05, 4.69) is 10.3 Å². The van der Waals surface area contributed by atoms with Crippen LogP contribution in [0.5, 0.6) is 11.5 Å². The molecule has 2 amide bonds. The van der Waals surface area contributed by atoms with E-state index in [-0.39, 0.29) is 22.9 Å². The summed E-state index contributed by atoms with van der Waals surface area (Å²) in [4.78, 5) is 30.0. The summed E-state index contributed by atoms with van der Waals surface area (Å²) in [5, 5.41) is 9.01. The Labute approximate surface area is 214 Å². The van der Waals surface area contributed by atoms with Crippen LogP contribution < -0.4 is 14.8 Å². The molecule has 0 spiro atoms. The zero-order valence-corrected chi connectivity index (χ0v) is 21.2. The van der Waals surface area contributed by atoms with Crippen molar-refractivity contribution in [3.05, 3.63) is 89.7 Å². The quantitative estimate of drug-likeness (QED) is 0.445. The first-order valence-electron chi connectivity index (χ1n) is 11.6. The van der Waals surface area contributed by atoms with Crippen LogP contribution >= 0.6 is 11.8 Å². The van der Waals surface area contributed by atoms with Gasteiger partial charge in [0.15, 0.2) is 11.5 Å². The number of aromatic nitrogens is 1. The molecule has 2 unspecified atom stereocenters. The van der Waals surface area contributed by atoms with Gasteiger partial charge in [-0.2, -0.15) is 5.10 Å². The van der Waals surface area contributed by atoms with Crippen molar-refractivity contribution in [2.45, 2.75) is 24.6 Å². The lowest BCUT2D eigenvalue weighted by Crippen LogP contribution is -2.41. The topological polar surface area (TPSA) is 93.1 Å². The van der Waals surface area contributed by atoms with Gasteiger partial charge in [0.1, 0.15) is 0 Å². The fourth-order valence-electron chi connectivity index (χ4n) is 3.94. The van der Waals surface area contributed by atoms with Crippen LogP contribution in [0.2, 0.25) is 0 Å². The molecule has 0 radical (unpaired) electrons. The Balaban J connectivity index is 1.66. The highest BCUT2D eigenvalue weighted by molar-refractivity contribution is 8.14. The second kappa shape index (κ2) is 11.7. The minimum atomic E-state index is -0.468. The number of rotatable bonds is 9. The number of hydrogen-bond donors (Lipinski definition) is 1. The number of ether oxygens (including phenoxy) is 2. The fraction of sp³-hybridized carbons (Fsp3) is 0.259. The van der Waals surface area contributed by atoms with Crippen LogP contribution in [0.15, 0.2) is 78.2 Å². The Morgan fingerprint density at radius 3 is 2.44 bits per heavy atom. The highest BCUT2D eigenvalue weighted by Crippen LogP contribution is 2.34. The molecule has 1 aliphatic rings. The van der Waals surface area contributed by atoms with Crippen LogP contribution in [0.25, 0.3) is 0 Å². The van der Waals surface area contributed by atoms with E-state index in [1.54, 1.807) is 38.7 Å². The number of nitrogens with zero attached hydrogens (tertiary/aromatic N) is 3. The number of benzene rings is 2. The standard InChI is InChI=1S/C27H28N4O4S/c1-4-24-25(20-10-11-22(34-2)23(16-20)35-3)30-31(27(33)36-24)17-21(18-8-6-5-7-9-18)29-26(32)19-12-14-28-15-13-19/h5-16,21,24H,4,17H2,1-3H3,(H,29,32). The molecule has 36 heavy (non-hydrogen) atoms. The van der Waals surface area contributed by atoms with Crippen LogP contribution in [0.4, 0.5) is 4.79 Å². The third kappa shape index (κ3) is 5.68. The summed E-state index contributed by atoms with van der Waals surface area (Å²) in [6.45, 7) is 2.21. The van der Waals surface area contributed by atoms with Gasteiger partial charge in [-0.25, -0.2) is 5.01 Å². The van der Waals surface area contributed by atoms with Crippen molar-refractivity contribution in [1.29, 1.82) is 0 Å². The van der Waals surface area contributed by atoms with Gasteiger partial charge in [-0.05, 0) is 42.3 Å². The maximum absolute atomic E-state index is 13.1. The van der Waals surface area contributed by atoms with Crippen molar-refractivity contribution in [3.63, 3.8) is 0 Å². The summed E-state index contributed by atoms with van der Waals surface area (Å²) < 4.78 is 10.8. The molecule has 1 aromatic heterocycles. The lowest BCUT2D eigenvalue weighted by Gasteiger charge is -2.31. The van der Waals surface area contributed by atoms with Gasteiger partial charge in [-0.1, -0.05) is 49.0 Å². The number of nitrogens with one attached hydrogen (secondary N) is 1. The monoisotopic (exact) mass is 504 g/mol. The molecule has 0 aliphatic carbocycles. The first-order valence-corrected chi connectivity index (χ1v) is 12.5. The van der Waals surface area contributed by atoms with E-state index < -0.39 is 6.04 Å². The highest BCUT2D eigenvalue weighted by Gasteiger charge is 2.32. The van der Waals surface area contributed by atoms with Gasteiger partial charge < -0.3 is 14.8 Å². The average Bonchev–Trinajstić information content (AvgIpc) is 2.93. The van der Waals surface area contributed by atoms with Crippen LogP contribution in [0.3, 0.4) is 0 Å². The third-order valence-electron chi connectivity index (χ3n) is 5.84. The average molecular weight is 505 g/mol. The number of carbonyl (C=O) groups excluding carboxylic acids is 2. The van der Waals surface area contributed by atoms with E-state index in [0.29, 0.717) is 17.1 Å². The summed E-state index contributed by atoms with van der Waals surface area (Å²) in [6.07, 6.45) is 3.88. The third-order valence-corrected chi connectivity index (χ3v) is 7.10. The molecular formula is C27H28N4O4S. The van der Waals surface area contributed by atoms with Gasteiger partial charge >= 0.3 is 5.24 Å². The number of hydrogen-bond acceptors (Lipinski definition) is 7. The van der Waals surface area contributed by atoms with Gasteiger partial charge in [0, 0.05) is 23.5 Å². The largest absolute Gasteiger partial charge is 0.493 e. The number of pyridine rings is 1. The summed E-state index contributed by atoms with van der Waals surface area (Å²) >= 11 is 1.24. The first kappa shape index (κ1) is 25.2. The zero-order valence-electron chi connectivity index (χ0n) is 20.4. The van der Waals surface area contributed by atoms with E-state index >= 15 is 0 Å². The molecule has 186 valence electrons. The molecule has 0 bridgehead atoms. The van der Waals surface area contributed by atoms with E-state index in [0.717, 1.165) is 23.3 Å². The van der Waals surface area contributed by atoms with Gasteiger partial charge in [-0.3, -0.25) is 14.6 Å². The normalized spacial score (nSPS) is 16.2. The van der Waals surface area contributed by atoms with Crippen molar-refractivity contribution >= 4 is 28.6 Å². The SMILES string of the molecule is CCC1SC(=O)N(CC(NC(=O)c2ccncc2)c2ccccc2)N=C1c1ccc(OC)c(OC)c1. The molecule has 8 nitrogen and oxygen atoms in total. The number of carbonyl (C=O) groups is 2. The molecule has 2 aromatic carbocycles. The summed E-state index contributed by atoms with van der Waals surface area (Å²) in [6, 6.07) is 18.0. The molecule has 0 fully saturated rings. The summed E-state index contributed by atoms with van der Waals surface area (Å²) in [5.74, 6) is 0.959. The lowest BCUT2D eigenvalue weighted by atomic mass is 10.0. The Bertz CT molecular complexity index is 1240. The van der Waals surface area contributed by atoms with Gasteiger partial charge in [0.2, 0.25) is 0 Å². The van der Waals surface area contributed by atoms with E-state index in [9.17, 15) is 9.59 Å². The Morgan fingerprint density at radius 2 is 1.78 bits per heavy atom. The number of methoxy groups -OCH3 is 2. The molecule has 9 heteroatoms. The number of hydrazone groups is 1. The molecule has 2 atom stereocenters. The van der Waals surface area contributed by atoms with Crippen molar-refractivity contribution in [1.82, 2.24) is 15.3 Å². The first-order chi connectivity index (χ1) is 17.5. The zero-order chi connectivity index (χ0) is 25.5. The van der Waals surface area contributed by atoms with Crippen LogP contribution in [0.1, 0.15) is 40.9 Å². The summed E-state index contributed by atoms with van der Waals surface area (Å²) in [5.41, 5.74) is 2.99. The smallest absolute Gasteiger partial charge is 0.302 e. The Kier molecular flexibility index (Phi) is 8.22. The van der Waals surface area contributed by atoms with Crippen molar-refractivity contribution in [3.8, 4) is 11.5 Å². The predicted molar refractivity (Wildman–Crippen MR) is 141 cm³/mol. The number of thioether (sulfide) groups is 1.